The van der Waals surface area contributed by atoms with Crippen molar-refractivity contribution >= 4 is 30.4 Å². The third-order valence-electron chi connectivity index (χ3n) is 3.62. The van der Waals surface area contributed by atoms with Gasteiger partial charge in [-0.25, -0.2) is 9.97 Å². The summed E-state index contributed by atoms with van der Waals surface area (Å²) in [5.41, 5.74) is -1.40. The predicted molar refractivity (Wildman–Crippen MR) is 102 cm³/mol. The summed E-state index contributed by atoms with van der Waals surface area (Å²) < 4.78 is 44.0. The topological polar surface area (TPSA) is 309 Å². The molecule has 0 unspecified atom stereocenters. The maximum absolute atomic E-state index is 11.0. The number of hydrogen-bond donors (Lipinski definition) is 10. The van der Waals surface area contributed by atoms with Crippen molar-refractivity contribution in [3.8, 4) is 0 Å². The van der Waals surface area contributed by atoms with Gasteiger partial charge in [0.1, 0.15) is 6.33 Å². The summed E-state index contributed by atoms with van der Waals surface area (Å²) in [5, 5.41) is 12.0. The smallest absolute Gasteiger partial charge is 0.364 e. The fourth-order valence-electron chi connectivity index (χ4n) is 2.05. The van der Waals surface area contributed by atoms with E-state index in [0.717, 1.165) is 18.6 Å². The summed E-state index contributed by atoms with van der Waals surface area (Å²) in [5.74, 6) is 0. The molecule has 2 heterocycles. The molecule has 0 amide bonds. The van der Waals surface area contributed by atoms with Crippen LogP contribution in [0.25, 0.3) is 0 Å². The number of aliphatic hydroxyl groups is 2. The quantitative estimate of drug-likeness (QED) is 0.186. The van der Waals surface area contributed by atoms with Gasteiger partial charge in [-0.1, -0.05) is 6.07 Å². The van der Waals surface area contributed by atoms with Crippen LogP contribution in [0.3, 0.4) is 0 Å². The Balaban J connectivity index is 0.000000320. The van der Waals surface area contributed by atoms with Crippen molar-refractivity contribution in [2.75, 3.05) is 0 Å². The number of aromatic nitrogens is 3. The molecule has 2 aromatic rings. The third kappa shape index (κ3) is 5.62. The van der Waals surface area contributed by atoms with E-state index in [9.17, 15) is 28.5 Å². The van der Waals surface area contributed by atoms with Crippen molar-refractivity contribution in [3.05, 3.63) is 54.4 Å². The molecular formula is C11H17N3O14P4. The molecule has 0 atom stereocenters. The molecule has 0 aliphatic carbocycles. The highest BCUT2D eigenvalue weighted by Crippen LogP contribution is 2.73. The second-order valence-corrected chi connectivity index (χ2v) is 13.5. The van der Waals surface area contributed by atoms with Gasteiger partial charge in [-0.15, -0.1) is 0 Å². The summed E-state index contributed by atoms with van der Waals surface area (Å²) in [6.45, 7) is 0. The molecular weight excluding hydrogens is 522 g/mol. The molecule has 0 spiro atoms. The Morgan fingerprint density at radius 3 is 1.25 bits per heavy atom. The number of pyridine rings is 1. The minimum absolute atomic E-state index is 0.642. The van der Waals surface area contributed by atoms with E-state index in [0.29, 0.717) is 12.4 Å². The number of nitrogens with zero attached hydrogens (tertiary/aromatic N) is 3. The molecule has 0 radical (unpaired) electrons. The summed E-state index contributed by atoms with van der Waals surface area (Å²) in [7, 11) is -22.0. The predicted octanol–water partition coefficient (Wildman–Crippen LogP) is -1.53. The van der Waals surface area contributed by atoms with Crippen molar-refractivity contribution in [1.29, 1.82) is 0 Å². The molecule has 0 saturated carbocycles. The molecule has 180 valence electrons. The molecule has 17 nitrogen and oxygen atoms in total. The van der Waals surface area contributed by atoms with Crippen molar-refractivity contribution in [3.63, 3.8) is 0 Å². The zero-order chi connectivity index (χ0) is 25.2. The minimum Gasteiger partial charge on any atom is -0.364 e. The largest absolute Gasteiger partial charge is 0.374 e. The molecule has 32 heavy (non-hydrogen) atoms. The summed E-state index contributed by atoms with van der Waals surface area (Å²) in [6.07, 6.45) is 4.40. The van der Waals surface area contributed by atoms with Gasteiger partial charge in [0.2, 0.25) is 0 Å². The Hall–Kier alpha value is -1.25. The summed E-state index contributed by atoms with van der Waals surface area (Å²) in [6, 6.07) is 2.15. The van der Waals surface area contributed by atoms with E-state index in [-0.39, 0.29) is 0 Å². The molecule has 0 aliphatic heterocycles. The summed E-state index contributed by atoms with van der Waals surface area (Å²) >= 11 is 0. The first-order valence-electron chi connectivity index (χ1n) is 7.54. The lowest BCUT2D eigenvalue weighted by atomic mass is 10.3. The maximum atomic E-state index is 11.0. The second kappa shape index (κ2) is 9.55. The van der Waals surface area contributed by atoms with Crippen LogP contribution in [-0.2, 0) is 28.4 Å². The van der Waals surface area contributed by atoms with E-state index >= 15 is 0 Å². The maximum Gasteiger partial charge on any atom is 0.374 e. The van der Waals surface area contributed by atoms with Crippen LogP contribution < -0.4 is 0 Å². The second-order valence-electron chi connectivity index (χ2n) is 5.82. The fourth-order valence-corrected chi connectivity index (χ4v) is 6.60. The van der Waals surface area contributed by atoms with E-state index in [1.54, 1.807) is 0 Å². The van der Waals surface area contributed by atoms with Gasteiger partial charge in [-0.3, -0.25) is 23.2 Å². The molecule has 10 N–H and O–H groups in total. The molecule has 0 bridgehead atoms. The molecule has 21 heteroatoms. The van der Waals surface area contributed by atoms with Gasteiger partial charge in [0.05, 0.1) is 0 Å². The lowest BCUT2D eigenvalue weighted by Gasteiger charge is -2.28. The van der Waals surface area contributed by atoms with Gasteiger partial charge < -0.3 is 49.4 Å². The highest BCUT2D eigenvalue weighted by Gasteiger charge is 2.62. The molecule has 2 rings (SSSR count). The third-order valence-corrected chi connectivity index (χ3v) is 11.0. The van der Waals surface area contributed by atoms with Gasteiger partial charge in [-0.2, -0.15) is 0 Å². The zero-order valence-corrected chi connectivity index (χ0v) is 18.9. The van der Waals surface area contributed by atoms with Crippen molar-refractivity contribution in [2.24, 2.45) is 0 Å². The van der Waals surface area contributed by atoms with E-state index in [2.05, 4.69) is 15.0 Å². The first kappa shape index (κ1) is 28.8. The zero-order valence-electron chi connectivity index (χ0n) is 15.3. The number of rotatable bonds is 6. The van der Waals surface area contributed by atoms with Crippen LogP contribution in [0.5, 0.6) is 0 Å². The van der Waals surface area contributed by atoms with E-state index in [4.69, 9.17) is 39.1 Å². The highest BCUT2D eigenvalue weighted by atomic mass is 31.2. The van der Waals surface area contributed by atoms with Gasteiger partial charge in [-0.05, 0) is 6.07 Å². The first-order chi connectivity index (χ1) is 14.2. The Bertz CT molecular complexity index is 974. The lowest BCUT2D eigenvalue weighted by molar-refractivity contribution is 0.130. The normalized spacial score (nSPS) is 13.8. The molecule has 0 aliphatic rings. The van der Waals surface area contributed by atoms with E-state index < -0.39 is 51.7 Å². The Kier molecular flexibility index (Phi) is 8.59. The SMILES string of the molecule is O=P(O)(O)C(O)(c1cccnc1)P(=O)(O)O.O=P(O)(O)C(O)(c1cncnc1)P(=O)(O)O. The van der Waals surface area contributed by atoms with Crippen LogP contribution in [0.15, 0.2) is 43.2 Å². The van der Waals surface area contributed by atoms with Gasteiger partial charge in [0.15, 0.2) is 0 Å². The van der Waals surface area contributed by atoms with Gasteiger partial charge in [0.25, 0.3) is 10.2 Å². The molecule has 0 saturated heterocycles. The van der Waals surface area contributed by atoms with E-state index in [1.807, 2.05) is 0 Å². The van der Waals surface area contributed by atoms with Crippen molar-refractivity contribution < 1.29 is 67.6 Å². The van der Waals surface area contributed by atoms with Gasteiger partial charge in [0, 0.05) is 35.9 Å². The highest BCUT2D eigenvalue weighted by molar-refractivity contribution is 7.71. The van der Waals surface area contributed by atoms with E-state index in [1.165, 1.54) is 12.3 Å². The minimum atomic E-state index is -5.52. The van der Waals surface area contributed by atoms with Crippen LogP contribution >= 0.6 is 30.4 Å². The fraction of sp³-hybridized carbons (Fsp3) is 0.182. The average molecular weight is 539 g/mol. The van der Waals surface area contributed by atoms with Crippen LogP contribution in [-0.4, -0.2) is 64.3 Å². The molecule has 0 aromatic carbocycles. The van der Waals surface area contributed by atoms with Gasteiger partial charge >= 0.3 is 30.4 Å². The first-order valence-corrected chi connectivity index (χ1v) is 14.0. The van der Waals surface area contributed by atoms with Crippen LogP contribution in [0.2, 0.25) is 0 Å². The molecule has 0 fully saturated rings. The Morgan fingerprint density at radius 1 is 0.594 bits per heavy atom. The Morgan fingerprint density at radius 2 is 0.938 bits per heavy atom. The monoisotopic (exact) mass is 539 g/mol. The lowest BCUT2D eigenvalue weighted by Crippen LogP contribution is -2.26. The molecule has 2 aromatic heterocycles. The van der Waals surface area contributed by atoms with Crippen LogP contribution in [0.1, 0.15) is 11.1 Å². The van der Waals surface area contributed by atoms with Crippen molar-refractivity contribution in [2.45, 2.75) is 10.2 Å². The summed E-state index contributed by atoms with van der Waals surface area (Å²) in [4.78, 5) is 80.9. The van der Waals surface area contributed by atoms with Crippen LogP contribution in [0, 0.1) is 0 Å². The number of hydrogen-bond acceptors (Lipinski definition) is 9. The van der Waals surface area contributed by atoms with Crippen LogP contribution in [0.4, 0.5) is 0 Å². The average Bonchev–Trinajstić information content (AvgIpc) is 2.65. The standard InChI is InChI=1S/C6H9NO7P2.C5H8N2O7P2/c8-6(15(9,10)11,16(12,13)14)5-2-1-3-7-4-5;8-5(15(9,10)11,16(12,13)14)4-1-6-3-7-2-4/h1-4,8H,(H2,9,10,11)(H2,12,13,14);1-3,8H,(H2,9,10,11)(H2,12,13,14). The Labute approximate surface area is 178 Å². The van der Waals surface area contributed by atoms with Crippen molar-refractivity contribution in [1.82, 2.24) is 15.0 Å².